The van der Waals surface area contributed by atoms with Crippen LogP contribution in [0.2, 0.25) is 0 Å². The highest BCUT2D eigenvalue weighted by Gasteiger charge is 2.24. The minimum absolute atomic E-state index is 0.0439. The smallest absolute Gasteiger partial charge is 0.306 e. The lowest BCUT2D eigenvalue weighted by Gasteiger charge is -2.24. The van der Waals surface area contributed by atoms with Gasteiger partial charge in [0.2, 0.25) is 5.91 Å². The van der Waals surface area contributed by atoms with Gasteiger partial charge in [0.25, 0.3) is 0 Å². The Morgan fingerprint density at radius 3 is 1.58 bits per heavy atom. The molecule has 3 N–H and O–H groups in total. The first-order chi connectivity index (χ1) is 29.0. The van der Waals surface area contributed by atoms with Crippen LogP contribution in [-0.4, -0.2) is 46.9 Å². The molecule has 0 aliphatic carbocycles. The molecule has 1 amide bonds. The fourth-order valence-corrected chi connectivity index (χ4v) is 7.08. The number of hydrogen-bond acceptors (Lipinski definition) is 5. The van der Waals surface area contributed by atoms with Gasteiger partial charge in [0.1, 0.15) is 6.10 Å². The van der Waals surface area contributed by atoms with Crippen LogP contribution in [0.3, 0.4) is 0 Å². The molecule has 0 rings (SSSR count). The highest BCUT2D eigenvalue weighted by atomic mass is 16.5. The van der Waals surface area contributed by atoms with Crippen molar-refractivity contribution in [3.8, 4) is 0 Å². The van der Waals surface area contributed by atoms with Gasteiger partial charge in [-0.15, -0.1) is 0 Å². The summed E-state index contributed by atoms with van der Waals surface area (Å²) in [7, 11) is 0. The Bertz CT molecular complexity index is 1110. The van der Waals surface area contributed by atoms with Gasteiger partial charge in [-0.1, -0.05) is 203 Å². The molecule has 0 aromatic carbocycles. The number of esters is 1. The van der Waals surface area contributed by atoms with Crippen molar-refractivity contribution in [3.63, 3.8) is 0 Å². The van der Waals surface area contributed by atoms with Gasteiger partial charge >= 0.3 is 5.97 Å². The number of aliphatic hydroxyl groups excluding tert-OH is 2. The Labute approximate surface area is 364 Å². The number of ether oxygens (including phenoxy) is 1. The molecule has 0 heterocycles. The Kier molecular flexibility index (Phi) is 44.2. The molecule has 0 saturated carbocycles. The lowest BCUT2D eigenvalue weighted by molar-refractivity contribution is -0.151. The largest absolute Gasteiger partial charge is 0.462 e. The van der Waals surface area contributed by atoms with Crippen molar-refractivity contribution in [2.24, 2.45) is 0 Å². The highest BCUT2D eigenvalue weighted by molar-refractivity contribution is 5.77. The molecule has 6 heteroatoms. The van der Waals surface area contributed by atoms with Crippen LogP contribution >= 0.6 is 0 Å². The van der Waals surface area contributed by atoms with Gasteiger partial charge < -0.3 is 20.3 Å². The molecule has 340 valence electrons. The van der Waals surface area contributed by atoms with E-state index in [1.165, 1.54) is 96.3 Å². The van der Waals surface area contributed by atoms with Crippen molar-refractivity contribution in [1.29, 1.82) is 0 Å². The van der Waals surface area contributed by atoms with E-state index in [9.17, 15) is 19.8 Å². The minimum atomic E-state index is -0.801. The van der Waals surface area contributed by atoms with Crippen molar-refractivity contribution in [2.45, 2.75) is 244 Å². The number of aliphatic hydroxyl groups is 2. The Balaban J connectivity index is 4.70. The topological polar surface area (TPSA) is 95.9 Å². The number of nitrogens with one attached hydrogen (secondary N) is 1. The summed E-state index contributed by atoms with van der Waals surface area (Å²) in [6.07, 6.45) is 58.1. The number of unbranched alkanes of at least 4 members (excludes halogenated alkanes) is 21. The molecule has 0 radical (unpaired) electrons. The molecule has 59 heavy (non-hydrogen) atoms. The molecule has 0 aromatic heterocycles. The highest BCUT2D eigenvalue weighted by Crippen LogP contribution is 2.17. The number of rotatable bonds is 43. The number of carbonyl (C=O) groups excluding carboxylic acids is 2. The van der Waals surface area contributed by atoms with Crippen LogP contribution in [0.25, 0.3) is 0 Å². The van der Waals surface area contributed by atoms with Crippen molar-refractivity contribution in [2.75, 3.05) is 6.61 Å². The Morgan fingerprint density at radius 2 is 0.983 bits per heavy atom. The summed E-state index contributed by atoms with van der Waals surface area (Å²) >= 11 is 0. The van der Waals surface area contributed by atoms with Gasteiger partial charge in [-0.25, -0.2) is 0 Å². The molecule has 0 bridgehead atoms. The molecule has 3 atom stereocenters. The summed E-state index contributed by atoms with van der Waals surface area (Å²) in [6.45, 7) is 6.29. The number of carbonyl (C=O) groups is 2. The van der Waals surface area contributed by atoms with E-state index in [1.807, 2.05) is 0 Å². The van der Waals surface area contributed by atoms with Crippen molar-refractivity contribution in [1.82, 2.24) is 5.32 Å². The molecule has 3 unspecified atom stereocenters. The molecule has 0 aliphatic heterocycles. The van der Waals surface area contributed by atoms with Gasteiger partial charge in [0, 0.05) is 6.42 Å². The van der Waals surface area contributed by atoms with E-state index in [0.29, 0.717) is 19.3 Å². The molecule has 6 nitrogen and oxygen atoms in total. The summed E-state index contributed by atoms with van der Waals surface area (Å²) in [5.41, 5.74) is 0. The first-order valence-corrected chi connectivity index (χ1v) is 24.7. The third-order valence-electron chi connectivity index (χ3n) is 10.8. The number of hydrogen-bond donors (Lipinski definition) is 3. The maximum absolute atomic E-state index is 13.2. The molecule has 0 aromatic rings. The van der Waals surface area contributed by atoms with Crippen LogP contribution in [0.4, 0.5) is 0 Å². The summed E-state index contributed by atoms with van der Waals surface area (Å²) in [4.78, 5) is 26.1. The quantitative estimate of drug-likeness (QED) is 0.0246. The van der Waals surface area contributed by atoms with Crippen LogP contribution in [0, 0.1) is 0 Å². The fraction of sp³-hybridized carbons (Fsp3) is 0.736. The van der Waals surface area contributed by atoms with E-state index in [4.69, 9.17) is 4.74 Å². The second-order valence-electron chi connectivity index (χ2n) is 16.5. The summed E-state index contributed by atoms with van der Waals surface area (Å²) in [5, 5.41) is 23.7. The van der Waals surface area contributed by atoms with E-state index in [1.54, 1.807) is 0 Å². The van der Waals surface area contributed by atoms with Crippen LogP contribution < -0.4 is 5.32 Å². The first-order valence-electron chi connectivity index (χ1n) is 24.7. The third-order valence-corrected chi connectivity index (χ3v) is 10.8. The lowest BCUT2D eigenvalue weighted by Crippen LogP contribution is -2.46. The fourth-order valence-electron chi connectivity index (χ4n) is 7.08. The maximum Gasteiger partial charge on any atom is 0.306 e. The zero-order chi connectivity index (χ0) is 43.1. The average molecular weight is 824 g/mol. The molecule has 0 saturated heterocycles. The van der Waals surface area contributed by atoms with E-state index in [-0.39, 0.29) is 24.9 Å². The Morgan fingerprint density at radius 1 is 0.525 bits per heavy atom. The average Bonchev–Trinajstić information content (AvgIpc) is 3.23. The number of amides is 1. The molecule has 0 spiro atoms. The van der Waals surface area contributed by atoms with Gasteiger partial charge in [0.05, 0.1) is 25.2 Å². The minimum Gasteiger partial charge on any atom is -0.462 e. The molecular formula is C53H93NO5. The van der Waals surface area contributed by atoms with Gasteiger partial charge in [-0.05, 0) is 83.5 Å². The van der Waals surface area contributed by atoms with E-state index < -0.39 is 18.2 Å². The predicted octanol–water partition coefficient (Wildman–Crippen LogP) is 14.6. The zero-order valence-corrected chi connectivity index (χ0v) is 38.6. The Hall–Kier alpha value is -2.70. The maximum atomic E-state index is 13.2. The lowest BCUT2D eigenvalue weighted by atomic mass is 10.0. The first kappa shape index (κ1) is 56.3. The van der Waals surface area contributed by atoms with Crippen LogP contribution in [0.5, 0.6) is 0 Å². The zero-order valence-electron chi connectivity index (χ0n) is 38.6. The van der Waals surface area contributed by atoms with Crippen molar-refractivity contribution in [3.05, 3.63) is 72.9 Å². The van der Waals surface area contributed by atoms with E-state index >= 15 is 0 Å². The second kappa shape index (κ2) is 46.4. The van der Waals surface area contributed by atoms with E-state index in [0.717, 1.165) is 83.5 Å². The summed E-state index contributed by atoms with van der Waals surface area (Å²) < 4.78 is 5.90. The van der Waals surface area contributed by atoms with Crippen molar-refractivity contribution < 1.29 is 24.5 Å². The SMILES string of the molecule is CC/C=C/C=C/C=C/CCCCCCCCCC(=O)OC(CCCC/C=C\C/C=C\C/C=C\CCCCC)CC(=O)NC(CO)C(O)CCCCCCCCCCCC. The van der Waals surface area contributed by atoms with Crippen LogP contribution in [0.1, 0.15) is 226 Å². The van der Waals surface area contributed by atoms with Gasteiger partial charge in [-0.3, -0.25) is 9.59 Å². The third kappa shape index (κ3) is 41.8. The van der Waals surface area contributed by atoms with Crippen LogP contribution in [0.15, 0.2) is 72.9 Å². The molecule has 0 aliphatic rings. The predicted molar refractivity (Wildman–Crippen MR) is 255 cm³/mol. The van der Waals surface area contributed by atoms with Gasteiger partial charge in [0.15, 0.2) is 0 Å². The standard InChI is InChI=1S/C53H93NO5/c1-4-7-10-13-16-19-22-24-26-28-30-32-35-38-41-44-49(59-53(58)46-43-40-37-34-31-29-27-25-23-20-17-14-11-8-5-2)47-52(57)54-50(48-55)51(56)45-42-39-36-33-21-18-15-12-9-6-3/h8,11,14,16-17,19-20,23-24,26,30,32,49-51,55-56H,4-7,9-10,12-13,15,18,21-22,25,27-29,31,33-48H2,1-3H3,(H,54,57)/b11-8+,17-14+,19-16-,23-20+,26-24-,32-30-. The number of allylic oxidation sites excluding steroid dienone is 12. The molecule has 0 fully saturated rings. The van der Waals surface area contributed by atoms with Gasteiger partial charge in [-0.2, -0.15) is 0 Å². The van der Waals surface area contributed by atoms with E-state index in [2.05, 4.69) is 99.0 Å². The summed E-state index contributed by atoms with van der Waals surface area (Å²) in [6, 6.07) is -0.718. The monoisotopic (exact) mass is 824 g/mol. The second-order valence-corrected chi connectivity index (χ2v) is 16.5. The van der Waals surface area contributed by atoms with Crippen LogP contribution in [-0.2, 0) is 14.3 Å². The summed E-state index contributed by atoms with van der Waals surface area (Å²) in [5.74, 6) is -0.529. The normalized spacial score (nSPS) is 13.9. The van der Waals surface area contributed by atoms with Crippen molar-refractivity contribution >= 4 is 11.9 Å². The molecular weight excluding hydrogens is 731 g/mol.